The van der Waals surface area contributed by atoms with E-state index in [2.05, 4.69) is 50.9 Å². The SMILES string of the molecule is CCN1CCC(c2ccc3[nH]c(Br)c(CC4CC4)c3c2)CC1. The van der Waals surface area contributed by atoms with Crippen molar-refractivity contribution in [3.8, 4) is 0 Å². The predicted molar refractivity (Wildman–Crippen MR) is 96.5 cm³/mol. The Morgan fingerprint density at radius 1 is 1.18 bits per heavy atom. The molecule has 1 aliphatic heterocycles. The van der Waals surface area contributed by atoms with Crippen LogP contribution in [0.2, 0.25) is 0 Å². The minimum Gasteiger partial charge on any atom is -0.349 e. The molecule has 1 saturated carbocycles. The molecule has 1 N–H and O–H groups in total. The van der Waals surface area contributed by atoms with Crippen LogP contribution in [0.4, 0.5) is 0 Å². The summed E-state index contributed by atoms with van der Waals surface area (Å²) in [6.45, 7) is 5.98. The monoisotopic (exact) mass is 360 g/mol. The highest BCUT2D eigenvalue weighted by atomic mass is 79.9. The molecule has 0 atom stereocenters. The molecule has 1 saturated heterocycles. The topological polar surface area (TPSA) is 19.0 Å². The van der Waals surface area contributed by atoms with Crippen molar-refractivity contribution in [3.05, 3.63) is 33.9 Å². The molecule has 1 aromatic carbocycles. The van der Waals surface area contributed by atoms with E-state index in [0.717, 1.165) is 11.8 Å². The minimum atomic E-state index is 0.745. The Morgan fingerprint density at radius 3 is 2.64 bits per heavy atom. The second-order valence-corrected chi connectivity index (χ2v) is 7.87. The number of piperidine rings is 1. The first kappa shape index (κ1) is 14.8. The number of rotatable bonds is 4. The summed E-state index contributed by atoms with van der Waals surface area (Å²) in [5.74, 6) is 1.67. The number of halogens is 1. The number of hydrogen-bond donors (Lipinski definition) is 1. The second-order valence-electron chi connectivity index (χ2n) is 7.08. The maximum atomic E-state index is 3.74. The van der Waals surface area contributed by atoms with Crippen molar-refractivity contribution in [1.29, 1.82) is 0 Å². The molecule has 0 amide bonds. The summed E-state index contributed by atoms with van der Waals surface area (Å²) in [5.41, 5.74) is 4.34. The molecular formula is C19H25BrN2. The fraction of sp³-hybridized carbons (Fsp3) is 0.579. The second kappa shape index (κ2) is 6.01. The number of hydrogen-bond acceptors (Lipinski definition) is 1. The van der Waals surface area contributed by atoms with Gasteiger partial charge in [-0.3, -0.25) is 0 Å². The smallest absolute Gasteiger partial charge is 0.0863 e. The summed E-state index contributed by atoms with van der Waals surface area (Å²) in [6.07, 6.45) is 6.67. The van der Waals surface area contributed by atoms with E-state index in [1.54, 1.807) is 5.56 Å². The Bertz CT molecular complexity index is 663. The van der Waals surface area contributed by atoms with E-state index in [4.69, 9.17) is 0 Å². The van der Waals surface area contributed by atoms with Crippen molar-refractivity contribution in [1.82, 2.24) is 9.88 Å². The van der Waals surface area contributed by atoms with Gasteiger partial charge in [0, 0.05) is 10.9 Å². The highest BCUT2D eigenvalue weighted by Crippen LogP contribution is 2.39. The number of likely N-dealkylation sites (tertiary alicyclic amines) is 1. The van der Waals surface area contributed by atoms with Gasteiger partial charge in [0.15, 0.2) is 0 Å². The van der Waals surface area contributed by atoms with Gasteiger partial charge in [-0.2, -0.15) is 0 Å². The molecule has 2 heterocycles. The van der Waals surface area contributed by atoms with E-state index in [0.29, 0.717) is 0 Å². The van der Waals surface area contributed by atoms with E-state index in [1.807, 2.05) is 0 Å². The molecule has 0 unspecified atom stereocenters. The van der Waals surface area contributed by atoms with E-state index in [1.165, 1.54) is 72.8 Å². The summed E-state index contributed by atoms with van der Waals surface area (Å²) >= 11 is 3.74. The zero-order valence-corrected chi connectivity index (χ0v) is 15.0. The van der Waals surface area contributed by atoms with Gasteiger partial charge in [0.25, 0.3) is 0 Å². The Labute approximate surface area is 141 Å². The van der Waals surface area contributed by atoms with Crippen LogP contribution in [-0.4, -0.2) is 29.5 Å². The van der Waals surface area contributed by atoms with Gasteiger partial charge >= 0.3 is 0 Å². The van der Waals surface area contributed by atoms with Crippen LogP contribution in [0.5, 0.6) is 0 Å². The van der Waals surface area contributed by atoms with Crippen LogP contribution >= 0.6 is 15.9 Å². The van der Waals surface area contributed by atoms with Crippen molar-refractivity contribution in [2.24, 2.45) is 5.92 Å². The van der Waals surface area contributed by atoms with Crippen molar-refractivity contribution in [3.63, 3.8) is 0 Å². The molecule has 1 aliphatic carbocycles. The lowest BCUT2D eigenvalue weighted by Gasteiger charge is -2.31. The largest absolute Gasteiger partial charge is 0.349 e. The average molecular weight is 361 g/mol. The Morgan fingerprint density at radius 2 is 1.95 bits per heavy atom. The quantitative estimate of drug-likeness (QED) is 0.804. The molecule has 118 valence electrons. The molecule has 2 aromatic rings. The maximum Gasteiger partial charge on any atom is 0.0863 e. The number of aromatic amines is 1. The molecule has 0 radical (unpaired) electrons. The lowest BCUT2D eigenvalue weighted by molar-refractivity contribution is 0.222. The molecule has 1 aromatic heterocycles. The van der Waals surface area contributed by atoms with Crippen molar-refractivity contribution in [2.45, 2.75) is 44.9 Å². The standard InChI is InChI=1S/C19H25BrN2/c1-2-22-9-7-14(8-10-22)15-5-6-18-16(12-15)17(19(20)21-18)11-13-3-4-13/h5-6,12-14,21H,2-4,7-11H2,1H3. The number of benzene rings is 1. The first-order chi connectivity index (χ1) is 10.7. The fourth-order valence-corrected chi connectivity index (χ4v) is 4.47. The molecule has 0 bridgehead atoms. The molecular weight excluding hydrogens is 336 g/mol. The number of nitrogens with one attached hydrogen (secondary N) is 1. The number of H-pyrrole nitrogens is 1. The van der Waals surface area contributed by atoms with Gasteiger partial charge < -0.3 is 9.88 Å². The lowest BCUT2D eigenvalue weighted by atomic mass is 9.88. The van der Waals surface area contributed by atoms with E-state index in [9.17, 15) is 0 Å². The highest BCUT2D eigenvalue weighted by Gasteiger charge is 2.25. The van der Waals surface area contributed by atoms with E-state index >= 15 is 0 Å². The number of aromatic nitrogens is 1. The maximum absolute atomic E-state index is 3.74. The molecule has 0 spiro atoms. The van der Waals surface area contributed by atoms with Crippen LogP contribution in [0.25, 0.3) is 10.9 Å². The summed E-state index contributed by atoms with van der Waals surface area (Å²) < 4.78 is 1.20. The third kappa shape index (κ3) is 2.85. The van der Waals surface area contributed by atoms with Crippen LogP contribution in [0, 0.1) is 5.92 Å². The van der Waals surface area contributed by atoms with E-state index < -0.39 is 0 Å². The Balaban J connectivity index is 1.62. The summed E-state index contributed by atoms with van der Waals surface area (Å²) in [7, 11) is 0. The third-order valence-corrected chi connectivity index (χ3v) is 6.25. The lowest BCUT2D eigenvalue weighted by Crippen LogP contribution is -2.32. The van der Waals surface area contributed by atoms with E-state index in [-0.39, 0.29) is 0 Å². The minimum absolute atomic E-state index is 0.745. The van der Waals surface area contributed by atoms with Gasteiger partial charge in [0.05, 0.1) is 4.60 Å². The van der Waals surface area contributed by atoms with Crippen molar-refractivity contribution >= 4 is 26.8 Å². The highest BCUT2D eigenvalue weighted by molar-refractivity contribution is 9.10. The van der Waals surface area contributed by atoms with Crippen LogP contribution in [-0.2, 0) is 6.42 Å². The van der Waals surface area contributed by atoms with Gasteiger partial charge in [0.2, 0.25) is 0 Å². The number of nitrogens with zero attached hydrogens (tertiary/aromatic N) is 1. The Hall–Kier alpha value is -0.800. The van der Waals surface area contributed by atoms with Gasteiger partial charge in [0.1, 0.15) is 0 Å². The Kier molecular flexibility index (Phi) is 4.04. The van der Waals surface area contributed by atoms with Crippen LogP contribution < -0.4 is 0 Å². The molecule has 2 aliphatic rings. The first-order valence-electron chi connectivity index (χ1n) is 8.77. The van der Waals surface area contributed by atoms with Gasteiger partial charge in [-0.05, 0) is 103 Å². The predicted octanol–water partition coefficient (Wildman–Crippen LogP) is 5.08. The average Bonchev–Trinajstić information content (AvgIpc) is 3.32. The van der Waals surface area contributed by atoms with Crippen LogP contribution in [0.3, 0.4) is 0 Å². The third-order valence-electron chi connectivity index (χ3n) is 5.57. The zero-order valence-electron chi connectivity index (χ0n) is 13.4. The summed E-state index contributed by atoms with van der Waals surface area (Å²) in [5, 5.41) is 1.45. The zero-order chi connectivity index (χ0) is 15.1. The van der Waals surface area contributed by atoms with Crippen molar-refractivity contribution in [2.75, 3.05) is 19.6 Å². The number of fused-ring (bicyclic) bond motifs is 1. The molecule has 22 heavy (non-hydrogen) atoms. The summed E-state index contributed by atoms with van der Waals surface area (Å²) in [4.78, 5) is 6.08. The fourth-order valence-electron chi connectivity index (χ4n) is 3.88. The van der Waals surface area contributed by atoms with Gasteiger partial charge in [-0.1, -0.05) is 13.0 Å². The van der Waals surface area contributed by atoms with Gasteiger partial charge in [-0.25, -0.2) is 0 Å². The van der Waals surface area contributed by atoms with Crippen molar-refractivity contribution < 1.29 is 0 Å². The van der Waals surface area contributed by atoms with Gasteiger partial charge in [-0.15, -0.1) is 0 Å². The first-order valence-corrected chi connectivity index (χ1v) is 9.56. The molecule has 4 rings (SSSR count). The molecule has 3 heteroatoms. The van der Waals surface area contributed by atoms with Crippen LogP contribution in [0.1, 0.15) is 49.7 Å². The normalized spacial score (nSPS) is 20.8. The van der Waals surface area contributed by atoms with Crippen LogP contribution in [0.15, 0.2) is 22.8 Å². The summed E-state index contributed by atoms with van der Waals surface area (Å²) in [6, 6.07) is 7.11. The molecule has 2 nitrogen and oxygen atoms in total. The molecule has 2 fully saturated rings.